The smallest absolute Gasteiger partial charge is 0.0663 e. The zero-order chi connectivity index (χ0) is 52.3. The average Bonchev–Trinajstić information content (AvgIpc) is 4.24. The van der Waals surface area contributed by atoms with E-state index in [2.05, 4.69) is 201 Å². The molecule has 0 saturated carbocycles. The van der Waals surface area contributed by atoms with E-state index >= 15 is 0 Å². The van der Waals surface area contributed by atoms with Crippen molar-refractivity contribution in [2.45, 2.75) is 12.3 Å². The number of hydrogen-bond acceptors (Lipinski definition) is 4. The normalized spacial score (nSPS) is 14.0. The minimum Gasteiger partial charge on any atom is -0.509 e. The molecule has 0 amide bonds. The van der Waals surface area contributed by atoms with E-state index in [1.165, 1.54) is 0 Å². The summed E-state index contributed by atoms with van der Waals surface area (Å²) in [7, 11) is 2.04. The Labute approximate surface area is 459 Å². The Kier molecular flexibility index (Phi) is 9.97. The second-order valence-corrected chi connectivity index (χ2v) is 19.4. The predicted octanol–water partition coefficient (Wildman–Crippen LogP) is 16.7. The number of rotatable bonds is 8. The number of nitrogens with zero attached hydrogens (tertiary/aromatic N) is 5. The fraction of sp³-hybridized carbons (Fsp3) is 0.0435. The Morgan fingerprint density at radius 3 is 1.54 bits per heavy atom. The Hall–Kier alpha value is -8.96. The standard InChI is InChI=1S/C69H46N5O.Pt/c1-45-40-67(69(57-30-9-3-24-50(57)51-25-4-10-31-58(51)69)46-20-17-22-48(41-46)75-49-23-18-21-47(42-49)72-44-71(2)63-36-15-16-37-64(63)72)70-43-56(45)68-65(73-59-32-11-5-26-52(59)53-27-6-12-33-60(53)73)38-19-39-66(68)74-61-34-13-7-28-54(61)55-29-8-14-35-62(55)74;/h3-40,43-44H,1-2H3;/q-3;/i1D3;. The molecule has 2 aliphatic rings. The van der Waals surface area contributed by atoms with Crippen LogP contribution in [0.15, 0.2) is 237 Å². The molecule has 4 heterocycles. The SMILES string of the molecule is [2H]C([2H])([2H])c1cc(C2(c3[c-]c(Oc4[c-]c(N5[CH-]N(C)c6ccccc65)ccc4)ccc3)c3ccccc3-c3ccccc32)ncc1-c1c(-n2c3ccccc3c3ccccc32)cccc1-n1c2ccccc2c2ccccc21.[Pt]. The number of benzene rings is 10. The molecule has 15 rings (SSSR count). The fourth-order valence-corrected chi connectivity index (χ4v) is 12.3. The molecule has 0 spiro atoms. The molecule has 1 aliphatic carbocycles. The van der Waals surface area contributed by atoms with Crippen molar-refractivity contribution >= 4 is 60.7 Å². The zero-order valence-corrected chi connectivity index (χ0v) is 43.3. The van der Waals surface area contributed by atoms with Crippen LogP contribution in [0.3, 0.4) is 0 Å². The third kappa shape index (κ3) is 6.73. The van der Waals surface area contributed by atoms with Crippen LogP contribution in [-0.4, -0.2) is 21.2 Å². The summed E-state index contributed by atoms with van der Waals surface area (Å²) < 4.78 is 40.3. The van der Waals surface area contributed by atoms with E-state index in [9.17, 15) is 4.11 Å². The summed E-state index contributed by atoms with van der Waals surface area (Å²) in [6.07, 6.45) is 1.82. The maximum Gasteiger partial charge on any atom is 0.0663 e. The van der Waals surface area contributed by atoms with Crippen molar-refractivity contribution in [2.24, 2.45) is 0 Å². The van der Waals surface area contributed by atoms with Gasteiger partial charge in [-0.05, 0) is 96.3 Å². The van der Waals surface area contributed by atoms with Gasteiger partial charge in [0.25, 0.3) is 0 Å². The summed E-state index contributed by atoms with van der Waals surface area (Å²) in [4.78, 5) is 9.80. The molecule has 13 aromatic rings. The topological polar surface area (TPSA) is 38.5 Å². The van der Waals surface area contributed by atoms with Gasteiger partial charge in [-0.2, -0.15) is 24.9 Å². The number of fused-ring (bicyclic) bond motifs is 10. The Morgan fingerprint density at radius 1 is 0.487 bits per heavy atom. The van der Waals surface area contributed by atoms with E-state index in [1.54, 1.807) is 0 Å². The first-order chi connectivity index (χ1) is 38.3. The van der Waals surface area contributed by atoms with Crippen molar-refractivity contribution < 1.29 is 29.9 Å². The van der Waals surface area contributed by atoms with Gasteiger partial charge in [0.1, 0.15) is 0 Å². The molecule has 0 unspecified atom stereocenters. The fourth-order valence-electron chi connectivity index (χ4n) is 12.3. The number of aromatic nitrogens is 3. The van der Waals surface area contributed by atoms with Gasteiger partial charge >= 0.3 is 0 Å². The van der Waals surface area contributed by atoms with Crippen LogP contribution in [0.4, 0.5) is 17.1 Å². The van der Waals surface area contributed by atoms with Gasteiger partial charge < -0.3 is 23.7 Å². The summed E-state index contributed by atoms with van der Waals surface area (Å²) in [6.45, 7) is -0.568. The monoisotopic (exact) mass is 1160 g/mol. The molecule has 1 aliphatic heterocycles. The van der Waals surface area contributed by atoms with E-state index in [4.69, 9.17) is 9.72 Å². The van der Waals surface area contributed by atoms with Crippen LogP contribution in [0, 0.1) is 25.7 Å². The van der Waals surface area contributed by atoms with Gasteiger partial charge in [-0.25, -0.2) is 0 Å². The van der Waals surface area contributed by atoms with Crippen LogP contribution in [0.1, 0.15) is 32.1 Å². The summed E-state index contributed by atoms with van der Waals surface area (Å²) >= 11 is 0. The molecular weight excluding hydrogens is 1110 g/mol. The van der Waals surface area contributed by atoms with Gasteiger partial charge in [0.05, 0.1) is 44.6 Å². The molecule has 10 aromatic carbocycles. The van der Waals surface area contributed by atoms with E-state index in [0.29, 0.717) is 22.8 Å². The Balaban J connectivity index is 0.00000564. The zero-order valence-electron chi connectivity index (χ0n) is 44.1. The molecule has 0 N–H and O–H groups in total. The molecule has 0 fully saturated rings. The Morgan fingerprint density at radius 2 is 0.961 bits per heavy atom. The van der Waals surface area contributed by atoms with Crippen molar-refractivity contribution in [3.05, 3.63) is 283 Å². The summed E-state index contributed by atoms with van der Waals surface area (Å²) in [5.41, 5.74) is 14.3. The molecule has 7 heteroatoms. The molecule has 0 radical (unpaired) electrons. The van der Waals surface area contributed by atoms with Gasteiger partial charge in [0.2, 0.25) is 0 Å². The van der Waals surface area contributed by atoms with E-state index in [1.807, 2.05) is 80.6 Å². The first kappa shape index (κ1) is 42.4. The molecule has 6 nitrogen and oxygen atoms in total. The third-order valence-corrected chi connectivity index (χ3v) is 15.4. The first-order valence-electron chi connectivity index (χ1n) is 26.8. The molecule has 0 bridgehead atoms. The molecule has 0 atom stereocenters. The van der Waals surface area contributed by atoms with Gasteiger partial charge in [-0.15, -0.1) is 41.6 Å². The largest absolute Gasteiger partial charge is 0.509 e. The maximum atomic E-state index is 9.65. The van der Waals surface area contributed by atoms with Crippen molar-refractivity contribution in [1.29, 1.82) is 0 Å². The molecule has 3 aromatic heterocycles. The minimum absolute atomic E-state index is 0. The average molecular weight is 1160 g/mol. The number of para-hydroxylation sites is 6. The van der Waals surface area contributed by atoms with Crippen LogP contribution in [-0.2, 0) is 26.5 Å². The van der Waals surface area contributed by atoms with Crippen molar-refractivity contribution in [2.75, 3.05) is 16.8 Å². The number of anilines is 3. The second kappa shape index (κ2) is 17.9. The summed E-state index contributed by atoms with van der Waals surface area (Å²) in [5, 5.41) is 4.40. The van der Waals surface area contributed by atoms with Gasteiger partial charge in [-0.3, -0.25) is 4.98 Å². The van der Waals surface area contributed by atoms with E-state index in [-0.39, 0.29) is 26.6 Å². The van der Waals surface area contributed by atoms with Crippen LogP contribution >= 0.6 is 0 Å². The van der Waals surface area contributed by atoms with Crippen LogP contribution in [0.2, 0.25) is 0 Å². The second-order valence-electron chi connectivity index (χ2n) is 19.4. The summed E-state index contributed by atoms with van der Waals surface area (Å²) in [6, 6.07) is 86.0. The Bertz CT molecular complexity index is 4290. The molecule has 366 valence electrons. The molecule has 0 saturated heterocycles. The van der Waals surface area contributed by atoms with Crippen molar-refractivity contribution in [1.82, 2.24) is 14.1 Å². The molecule has 76 heavy (non-hydrogen) atoms. The van der Waals surface area contributed by atoms with Crippen LogP contribution in [0.5, 0.6) is 11.5 Å². The molecular formula is C69H46N5OPt-3. The minimum atomic E-state index is -2.62. The number of ether oxygens (including phenoxy) is 1. The summed E-state index contributed by atoms with van der Waals surface area (Å²) in [5.74, 6) is 1.00. The van der Waals surface area contributed by atoms with E-state index < -0.39 is 12.3 Å². The number of pyridine rings is 1. The van der Waals surface area contributed by atoms with Gasteiger partial charge in [-0.1, -0.05) is 140 Å². The van der Waals surface area contributed by atoms with Crippen LogP contribution < -0.4 is 14.5 Å². The first-order valence-corrected chi connectivity index (χ1v) is 25.3. The maximum absolute atomic E-state index is 9.65. The third-order valence-electron chi connectivity index (χ3n) is 15.4. The quantitative estimate of drug-likeness (QED) is 0.142. The number of hydrogen-bond donors (Lipinski definition) is 0. The van der Waals surface area contributed by atoms with Crippen molar-refractivity contribution in [3.63, 3.8) is 0 Å². The van der Waals surface area contributed by atoms with Gasteiger partial charge in [0, 0.05) is 86.9 Å². The van der Waals surface area contributed by atoms with Crippen molar-refractivity contribution in [3.8, 4) is 45.1 Å². The number of aryl methyl sites for hydroxylation is 1. The van der Waals surface area contributed by atoms with Gasteiger partial charge in [0.15, 0.2) is 0 Å². The van der Waals surface area contributed by atoms with Crippen LogP contribution in [0.25, 0.3) is 77.2 Å². The van der Waals surface area contributed by atoms with E-state index in [0.717, 1.165) is 105 Å². The predicted molar refractivity (Wildman–Crippen MR) is 306 cm³/mol.